The topological polar surface area (TPSA) is 34.4 Å². The molecule has 0 atom stereocenters. The summed E-state index contributed by atoms with van der Waals surface area (Å²) in [6.07, 6.45) is 1.92. The molecule has 0 fully saturated rings. The molecule has 0 unspecified atom stereocenters. The van der Waals surface area contributed by atoms with Gasteiger partial charge in [0, 0.05) is 4.47 Å². The second-order valence-corrected chi connectivity index (χ2v) is 7.57. The first-order valence-corrected chi connectivity index (χ1v) is 8.83. The van der Waals surface area contributed by atoms with Crippen molar-refractivity contribution >= 4 is 49.3 Å². The van der Waals surface area contributed by atoms with E-state index in [1.54, 1.807) is 4.40 Å². The summed E-state index contributed by atoms with van der Waals surface area (Å²) in [5.41, 5.74) is 5.04. The van der Waals surface area contributed by atoms with Crippen molar-refractivity contribution in [1.29, 1.82) is 0 Å². The Morgan fingerprint density at radius 2 is 2.04 bits per heavy atom. The van der Waals surface area contributed by atoms with Crippen molar-refractivity contribution in [1.82, 2.24) is 9.38 Å². The zero-order valence-electron chi connectivity index (χ0n) is 12.6. The van der Waals surface area contributed by atoms with Gasteiger partial charge in [-0.1, -0.05) is 45.5 Å². The van der Waals surface area contributed by atoms with Crippen LogP contribution in [0.15, 0.2) is 45.7 Å². The van der Waals surface area contributed by atoms with Gasteiger partial charge in [0.05, 0.1) is 15.6 Å². The van der Waals surface area contributed by atoms with E-state index < -0.39 is 0 Å². The van der Waals surface area contributed by atoms with E-state index in [9.17, 15) is 4.79 Å². The standard InChI is InChI=1S/C18H13BrN2OS/c1-10-6-11(2)16-14(7-10)21-17(22)15(23-18(21)20-16)9-12-4-3-5-13(19)8-12/h3-9H,1-2H3. The zero-order chi connectivity index (χ0) is 16.1. The second-order valence-electron chi connectivity index (χ2n) is 5.65. The molecule has 3 nitrogen and oxygen atoms in total. The van der Waals surface area contributed by atoms with Crippen molar-refractivity contribution in [3.8, 4) is 0 Å². The second kappa shape index (κ2) is 5.28. The zero-order valence-corrected chi connectivity index (χ0v) is 15.0. The van der Waals surface area contributed by atoms with Gasteiger partial charge in [-0.3, -0.25) is 4.79 Å². The number of aromatic nitrogens is 2. The Balaban J connectivity index is 2.04. The van der Waals surface area contributed by atoms with Crippen LogP contribution in [-0.2, 0) is 0 Å². The van der Waals surface area contributed by atoms with E-state index in [2.05, 4.69) is 27.0 Å². The quantitative estimate of drug-likeness (QED) is 0.499. The molecule has 5 heteroatoms. The monoisotopic (exact) mass is 384 g/mol. The van der Waals surface area contributed by atoms with Crippen molar-refractivity contribution in [2.24, 2.45) is 0 Å². The number of hydrogen-bond acceptors (Lipinski definition) is 3. The third kappa shape index (κ3) is 2.40. The van der Waals surface area contributed by atoms with Crippen molar-refractivity contribution in [2.75, 3.05) is 0 Å². The Hall–Kier alpha value is -1.98. The van der Waals surface area contributed by atoms with E-state index >= 15 is 0 Å². The van der Waals surface area contributed by atoms with Crippen LogP contribution in [0.5, 0.6) is 0 Å². The van der Waals surface area contributed by atoms with Crippen LogP contribution in [0.2, 0.25) is 0 Å². The normalized spacial score (nSPS) is 12.6. The van der Waals surface area contributed by atoms with E-state index in [4.69, 9.17) is 0 Å². The van der Waals surface area contributed by atoms with Crippen LogP contribution in [0.3, 0.4) is 0 Å². The summed E-state index contributed by atoms with van der Waals surface area (Å²) < 4.78 is 3.42. The Kier molecular flexibility index (Phi) is 3.36. The van der Waals surface area contributed by atoms with Gasteiger partial charge in [0.1, 0.15) is 0 Å². The molecule has 0 spiro atoms. The summed E-state index contributed by atoms with van der Waals surface area (Å²) in [5.74, 6) is 0. The van der Waals surface area contributed by atoms with Gasteiger partial charge in [-0.05, 0) is 54.8 Å². The largest absolute Gasteiger partial charge is 0.274 e. The number of hydrogen-bond donors (Lipinski definition) is 0. The molecule has 0 N–H and O–H groups in total. The molecule has 0 aliphatic heterocycles. The third-order valence-corrected chi connectivity index (χ3v) is 5.29. The van der Waals surface area contributed by atoms with Crippen molar-refractivity contribution in [3.05, 3.63) is 72.4 Å². The minimum Gasteiger partial charge on any atom is -0.267 e. The summed E-state index contributed by atoms with van der Waals surface area (Å²) in [6.45, 7) is 4.07. The number of aryl methyl sites for hydroxylation is 2. The van der Waals surface area contributed by atoms with E-state index in [1.165, 1.54) is 11.3 Å². The number of rotatable bonds is 1. The molecule has 0 aliphatic rings. The molecular formula is C18H13BrN2OS. The summed E-state index contributed by atoms with van der Waals surface area (Å²) in [7, 11) is 0. The van der Waals surface area contributed by atoms with Crippen LogP contribution in [0.1, 0.15) is 16.7 Å². The Morgan fingerprint density at radius 1 is 1.22 bits per heavy atom. The van der Waals surface area contributed by atoms with Crippen LogP contribution < -0.4 is 10.1 Å². The molecule has 0 bridgehead atoms. The number of imidazole rings is 1. The van der Waals surface area contributed by atoms with Crippen LogP contribution in [-0.4, -0.2) is 9.38 Å². The predicted molar refractivity (Wildman–Crippen MR) is 99.2 cm³/mol. The number of nitrogens with zero attached hydrogens (tertiary/aromatic N) is 2. The molecule has 4 aromatic rings. The molecule has 2 aromatic heterocycles. The van der Waals surface area contributed by atoms with Crippen LogP contribution in [0, 0.1) is 13.8 Å². The summed E-state index contributed by atoms with van der Waals surface area (Å²) in [4.78, 5) is 18.2. The van der Waals surface area contributed by atoms with Crippen LogP contribution >= 0.6 is 27.3 Å². The first-order chi connectivity index (χ1) is 11.0. The van der Waals surface area contributed by atoms with E-state index in [0.29, 0.717) is 4.53 Å². The van der Waals surface area contributed by atoms with Crippen LogP contribution in [0.25, 0.3) is 22.1 Å². The number of benzene rings is 2. The SMILES string of the molecule is Cc1cc(C)c2nc3sc(=Cc4cccc(Br)c4)c(=O)n3c2c1. The molecule has 114 valence electrons. The summed E-state index contributed by atoms with van der Waals surface area (Å²) in [6, 6.07) is 12.0. The molecule has 2 aromatic carbocycles. The van der Waals surface area contributed by atoms with Crippen molar-refractivity contribution in [3.63, 3.8) is 0 Å². The molecule has 0 saturated heterocycles. The van der Waals surface area contributed by atoms with Gasteiger partial charge in [0.2, 0.25) is 0 Å². The molecule has 2 heterocycles. The maximum Gasteiger partial charge on any atom is 0.274 e. The average molecular weight is 385 g/mol. The first kappa shape index (κ1) is 14.6. The maximum atomic E-state index is 12.8. The van der Waals surface area contributed by atoms with E-state index in [-0.39, 0.29) is 5.56 Å². The predicted octanol–water partition coefficient (Wildman–Crippen LogP) is 3.84. The van der Waals surface area contributed by atoms with Crippen LogP contribution in [0.4, 0.5) is 0 Å². The molecule has 0 aliphatic carbocycles. The molecule has 0 saturated carbocycles. The number of thiazole rings is 1. The number of fused-ring (bicyclic) bond motifs is 3. The summed E-state index contributed by atoms with van der Waals surface area (Å²) >= 11 is 4.89. The molecule has 4 rings (SSSR count). The lowest BCUT2D eigenvalue weighted by Gasteiger charge is -1.97. The minimum absolute atomic E-state index is 0.00234. The molecule has 23 heavy (non-hydrogen) atoms. The van der Waals surface area contributed by atoms with Crippen molar-refractivity contribution < 1.29 is 0 Å². The summed E-state index contributed by atoms with van der Waals surface area (Å²) in [5, 5.41) is 0. The van der Waals surface area contributed by atoms with Gasteiger partial charge in [0.15, 0.2) is 4.96 Å². The Bertz CT molecular complexity index is 1170. The Morgan fingerprint density at radius 3 is 2.83 bits per heavy atom. The number of halogens is 1. The highest BCUT2D eigenvalue weighted by molar-refractivity contribution is 9.10. The average Bonchev–Trinajstić information content (AvgIpc) is 2.98. The lowest BCUT2D eigenvalue weighted by atomic mass is 10.1. The fourth-order valence-corrected chi connectivity index (χ4v) is 4.25. The van der Waals surface area contributed by atoms with E-state index in [0.717, 1.165) is 37.2 Å². The smallest absolute Gasteiger partial charge is 0.267 e. The first-order valence-electron chi connectivity index (χ1n) is 7.22. The Labute approximate surface area is 145 Å². The lowest BCUT2D eigenvalue weighted by Crippen LogP contribution is -2.22. The van der Waals surface area contributed by atoms with E-state index in [1.807, 2.05) is 50.3 Å². The minimum atomic E-state index is -0.00234. The van der Waals surface area contributed by atoms with Gasteiger partial charge in [-0.15, -0.1) is 0 Å². The highest BCUT2D eigenvalue weighted by Gasteiger charge is 2.13. The van der Waals surface area contributed by atoms with Crippen molar-refractivity contribution in [2.45, 2.75) is 13.8 Å². The fraction of sp³-hybridized carbons (Fsp3) is 0.111. The highest BCUT2D eigenvalue weighted by Crippen LogP contribution is 2.21. The molecule has 0 amide bonds. The highest BCUT2D eigenvalue weighted by atomic mass is 79.9. The van der Waals surface area contributed by atoms with Gasteiger partial charge in [-0.25, -0.2) is 9.38 Å². The molecular weight excluding hydrogens is 372 g/mol. The maximum absolute atomic E-state index is 12.8. The molecule has 0 radical (unpaired) electrons. The van der Waals surface area contributed by atoms with Gasteiger partial charge in [-0.2, -0.15) is 0 Å². The fourth-order valence-electron chi connectivity index (χ4n) is 2.86. The third-order valence-electron chi connectivity index (χ3n) is 3.83. The van der Waals surface area contributed by atoms with Gasteiger partial charge < -0.3 is 0 Å². The lowest BCUT2D eigenvalue weighted by molar-refractivity contribution is 1.18. The van der Waals surface area contributed by atoms with Gasteiger partial charge >= 0.3 is 0 Å². The van der Waals surface area contributed by atoms with Gasteiger partial charge in [0.25, 0.3) is 5.56 Å².